The number of hydrazine groups is 1. The molecule has 3 N–H and O–H groups in total. The summed E-state index contributed by atoms with van der Waals surface area (Å²) in [5, 5.41) is 2.69. The molecule has 1 fully saturated rings. The van der Waals surface area contributed by atoms with Crippen LogP contribution in [0, 0.1) is 0 Å². The normalized spacial score (nSPS) is 26.0. The first-order chi connectivity index (χ1) is 6.90. The topological polar surface area (TPSA) is 53.2 Å². The summed E-state index contributed by atoms with van der Waals surface area (Å²) in [6.07, 6.45) is 1.60. The second-order valence-electron chi connectivity index (χ2n) is 3.32. The van der Waals surface area contributed by atoms with Crippen LogP contribution in [0.4, 0.5) is 0 Å². The number of carbonyl (C=O) groups excluding carboxylic acids is 1. The third kappa shape index (κ3) is 1.92. The van der Waals surface area contributed by atoms with Crippen molar-refractivity contribution >= 4 is 6.41 Å². The van der Waals surface area contributed by atoms with Crippen molar-refractivity contribution in [3.05, 3.63) is 35.9 Å². The Kier molecular flexibility index (Phi) is 2.76. The zero-order valence-corrected chi connectivity index (χ0v) is 7.73. The van der Waals surface area contributed by atoms with Gasteiger partial charge in [-0.15, -0.1) is 0 Å². The van der Waals surface area contributed by atoms with Gasteiger partial charge in [0.15, 0.2) is 0 Å². The second kappa shape index (κ2) is 4.21. The molecule has 0 spiro atoms. The number of hydrogen-bond donors (Lipinski definition) is 3. The van der Waals surface area contributed by atoms with Crippen LogP contribution >= 0.6 is 0 Å². The molecule has 0 bridgehead atoms. The first kappa shape index (κ1) is 9.18. The van der Waals surface area contributed by atoms with Crippen LogP contribution < -0.4 is 16.2 Å². The molecule has 0 radical (unpaired) electrons. The quantitative estimate of drug-likeness (QED) is 0.602. The molecule has 0 aromatic heterocycles. The highest BCUT2D eigenvalue weighted by Gasteiger charge is 2.23. The molecule has 2 atom stereocenters. The number of nitrogens with one attached hydrogen (secondary N) is 3. The summed E-state index contributed by atoms with van der Waals surface area (Å²) >= 11 is 0. The number of benzene rings is 1. The fourth-order valence-electron chi connectivity index (χ4n) is 1.65. The Balaban J connectivity index is 1.99. The van der Waals surface area contributed by atoms with Crippen molar-refractivity contribution < 1.29 is 4.79 Å². The van der Waals surface area contributed by atoms with Crippen LogP contribution in [0.1, 0.15) is 18.0 Å². The first-order valence-electron chi connectivity index (χ1n) is 4.66. The lowest BCUT2D eigenvalue weighted by molar-refractivity contribution is -0.110. The predicted octanol–water partition coefficient (Wildman–Crippen LogP) is 0.298. The van der Waals surface area contributed by atoms with Crippen molar-refractivity contribution in [3.63, 3.8) is 0 Å². The Morgan fingerprint density at radius 2 is 2.07 bits per heavy atom. The molecule has 1 aliphatic heterocycles. The molecule has 74 valence electrons. The van der Waals surface area contributed by atoms with Crippen LogP contribution in [0.15, 0.2) is 30.3 Å². The van der Waals surface area contributed by atoms with Crippen molar-refractivity contribution in [3.8, 4) is 0 Å². The lowest BCUT2D eigenvalue weighted by atomic mass is 10.1. The van der Waals surface area contributed by atoms with Gasteiger partial charge in [0.1, 0.15) is 0 Å². The largest absolute Gasteiger partial charge is 0.342 e. The fraction of sp³-hybridized carbons (Fsp3) is 0.300. The van der Waals surface area contributed by atoms with Crippen LogP contribution in [0.5, 0.6) is 0 Å². The van der Waals surface area contributed by atoms with Gasteiger partial charge in [0.05, 0.1) is 6.17 Å². The number of carbonyl (C=O) groups is 1. The van der Waals surface area contributed by atoms with Gasteiger partial charge in [-0.05, 0) is 5.56 Å². The van der Waals surface area contributed by atoms with Crippen molar-refractivity contribution in [2.45, 2.75) is 18.6 Å². The molecule has 4 nitrogen and oxygen atoms in total. The smallest absolute Gasteiger partial charge is 0.208 e. The highest BCUT2D eigenvalue weighted by molar-refractivity contribution is 5.46. The van der Waals surface area contributed by atoms with E-state index in [4.69, 9.17) is 0 Å². The van der Waals surface area contributed by atoms with Gasteiger partial charge < -0.3 is 5.32 Å². The average Bonchev–Trinajstić information content (AvgIpc) is 2.68. The van der Waals surface area contributed by atoms with Gasteiger partial charge in [0.25, 0.3) is 0 Å². The van der Waals surface area contributed by atoms with E-state index in [2.05, 4.69) is 28.3 Å². The molecule has 1 amide bonds. The average molecular weight is 191 g/mol. The molecule has 1 heterocycles. The second-order valence-corrected chi connectivity index (χ2v) is 3.32. The van der Waals surface area contributed by atoms with Gasteiger partial charge >= 0.3 is 0 Å². The molecule has 1 aromatic carbocycles. The molecule has 14 heavy (non-hydrogen) atoms. The van der Waals surface area contributed by atoms with Crippen molar-refractivity contribution in [1.82, 2.24) is 16.2 Å². The third-order valence-corrected chi connectivity index (χ3v) is 2.37. The maximum absolute atomic E-state index is 10.2. The van der Waals surface area contributed by atoms with Gasteiger partial charge in [-0.3, -0.25) is 4.79 Å². The van der Waals surface area contributed by atoms with E-state index in [1.165, 1.54) is 5.56 Å². The Bertz CT molecular complexity index is 301. The van der Waals surface area contributed by atoms with Crippen LogP contribution in [-0.4, -0.2) is 12.6 Å². The van der Waals surface area contributed by atoms with Gasteiger partial charge in [-0.25, -0.2) is 10.9 Å². The summed E-state index contributed by atoms with van der Waals surface area (Å²) in [7, 11) is 0. The SMILES string of the molecule is O=CNC1CC(c2ccccc2)NN1. The lowest BCUT2D eigenvalue weighted by Gasteiger charge is -2.08. The molecule has 1 aliphatic rings. The summed E-state index contributed by atoms with van der Waals surface area (Å²) < 4.78 is 0. The summed E-state index contributed by atoms with van der Waals surface area (Å²) in [4.78, 5) is 10.2. The Hall–Kier alpha value is -1.39. The monoisotopic (exact) mass is 191 g/mol. The summed E-state index contributed by atoms with van der Waals surface area (Å²) in [5.74, 6) is 0. The minimum atomic E-state index is 0.0257. The minimum absolute atomic E-state index is 0.0257. The van der Waals surface area contributed by atoms with E-state index in [-0.39, 0.29) is 12.2 Å². The highest BCUT2D eigenvalue weighted by Crippen LogP contribution is 2.20. The van der Waals surface area contributed by atoms with E-state index in [0.29, 0.717) is 6.41 Å². The fourth-order valence-corrected chi connectivity index (χ4v) is 1.65. The van der Waals surface area contributed by atoms with Gasteiger partial charge in [0, 0.05) is 12.5 Å². The zero-order valence-electron chi connectivity index (χ0n) is 7.73. The summed E-state index contributed by atoms with van der Waals surface area (Å²) in [5.41, 5.74) is 7.38. The van der Waals surface area contributed by atoms with E-state index in [0.717, 1.165) is 6.42 Å². The predicted molar refractivity (Wildman–Crippen MR) is 53.1 cm³/mol. The van der Waals surface area contributed by atoms with E-state index in [9.17, 15) is 4.79 Å². The first-order valence-corrected chi connectivity index (χ1v) is 4.66. The van der Waals surface area contributed by atoms with Crippen LogP contribution in [0.3, 0.4) is 0 Å². The third-order valence-electron chi connectivity index (χ3n) is 2.37. The molecular formula is C10H13N3O. The van der Waals surface area contributed by atoms with E-state index < -0.39 is 0 Å². The Morgan fingerprint density at radius 1 is 1.29 bits per heavy atom. The molecule has 1 aromatic rings. The van der Waals surface area contributed by atoms with Gasteiger partial charge in [0.2, 0.25) is 6.41 Å². The van der Waals surface area contributed by atoms with E-state index >= 15 is 0 Å². The Morgan fingerprint density at radius 3 is 2.79 bits per heavy atom. The van der Waals surface area contributed by atoms with Crippen molar-refractivity contribution in [2.24, 2.45) is 0 Å². The minimum Gasteiger partial charge on any atom is -0.342 e. The van der Waals surface area contributed by atoms with Crippen LogP contribution in [0.25, 0.3) is 0 Å². The zero-order chi connectivity index (χ0) is 9.80. The molecule has 0 aliphatic carbocycles. The maximum Gasteiger partial charge on any atom is 0.208 e. The molecule has 4 heteroatoms. The maximum atomic E-state index is 10.2. The Labute approximate surface area is 82.7 Å². The summed E-state index contributed by atoms with van der Waals surface area (Å²) in [6.45, 7) is 0. The van der Waals surface area contributed by atoms with E-state index in [1.807, 2.05) is 18.2 Å². The molecular weight excluding hydrogens is 178 g/mol. The number of amides is 1. The van der Waals surface area contributed by atoms with Crippen molar-refractivity contribution in [1.29, 1.82) is 0 Å². The van der Waals surface area contributed by atoms with Gasteiger partial charge in [-0.1, -0.05) is 30.3 Å². The van der Waals surface area contributed by atoms with Crippen LogP contribution in [-0.2, 0) is 4.79 Å². The van der Waals surface area contributed by atoms with Crippen molar-refractivity contribution in [2.75, 3.05) is 0 Å². The standard InChI is InChI=1S/C10H13N3O/c14-7-11-10-6-9(12-13-10)8-4-2-1-3-5-8/h1-5,7,9-10,12-13H,6H2,(H,11,14). The summed E-state index contributed by atoms with van der Waals surface area (Å²) in [6, 6.07) is 10.4. The molecule has 0 saturated carbocycles. The molecule has 2 rings (SSSR count). The van der Waals surface area contributed by atoms with E-state index in [1.54, 1.807) is 0 Å². The highest BCUT2D eigenvalue weighted by atomic mass is 16.1. The number of hydrogen-bond acceptors (Lipinski definition) is 3. The molecule has 2 unspecified atom stereocenters. The molecule has 1 saturated heterocycles. The van der Waals surface area contributed by atoms with Gasteiger partial charge in [-0.2, -0.15) is 0 Å². The van der Waals surface area contributed by atoms with Crippen LogP contribution in [0.2, 0.25) is 0 Å². The lowest BCUT2D eigenvalue weighted by Crippen LogP contribution is -2.40. The number of rotatable bonds is 3.